The molecule has 0 saturated carbocycles. The predicted molar refractivity (Wildman–Crippen MR) is 125 cm³/mol. The van der Waals surface area contributed by atoms with Crippen molar-refractivity contribution in [3.05, 3.63) is 89.3 Å². The molecule has 0 fully saturated rings. The molecule has 0 radical (unpaired) electrons. The van der Waals surface area contributed by atoms with Crippen LogP contribution in [0.25, 0.3) is 0 Å². The lowest BCUT2D eigenvalue weighted by Gasteiger charge is -2.09. The van der Waals surface area contributed by atoms with Gasteiger partial charge in [-0.05, 0) is 50.3 Å². The number of pyridine rings is 1. The van der Waals surface area contributed by atoms with Gasteiger partial charge in [0.05, 0.1) is 12.6 Å². The minimum atomic E-state index is 0.111. The van der Waals surface area contributed by atoms with E-state index in [0.717, 1.165) is 31.4 Å². The lowest BCUT2D eigenvalue weighted by Crippen LogP contribution is -2.13. The fourth-order valence-corrected chi connectivity index (χ4v) is 3.70. The van der Waals surface area contributed by atoms with Gasteiger partial charge in [-0.3, -0.25) is 0 Å². The maximum absolute atomic E-state index is 5.87. The molecule has 0 N–H and O–H groups in total. The van der Waals surface area contributed by atoms with Crippen molar-refractivity contribution in [3.8, 4) is 0 Å². The smallest absolute Gasteiger partial charge is 0.235 e. The molecule has 0 spiro atoms. The largest absolute Gasteiger partial charge is 0.477 e. The van der Waals surface area contributed by atoms with E-state index in [1.165, 1.54) is 11.1 Å². The zero-order valence-electron chi connectivity index (χ0n) is 18.0. The highest BCUT2D eigenvalue weighted by molar-refractivity contribution is 5.96. The number of benzene rings is 1. The van der Waals surface area contributed by atoms with Crippen LogP contribution in [-0.4, -0.2) is 42.6 Å². The first kappa shape index (κ1) is 21.0. The quantitative estimate of drug-likeness (QED) is 0.454. The molecule has 1 aliphatic heterocycles. The van der Waals surface area contributed by atoms with Gasteiger partial charge in [0, 0.05) is 6.54 Å². The molecule has 31 heavy (non-hydrogen) atoms. The van der Waals surface area contributed by atoms with E-state index < -0.39 is 0 Å². The Kier molecular flexibility index (Phi) is 7.27. The summed E-state index contributed by atoms with van der Waals surface area (Å²) in [5.74, 6) is 1.17. The first-order chi connectivity index (χ1) is 15.3. The van der Waals surface area contributed by atoms with Crippen LogP contribution in [0.1, 0.15) is 43.1 Å². The summed E-state index contributed by atoms with van der Waals surface area (Å²) in [6.45, 7) is 3.76. The highest BCUT2D eigenvalue weighted by Crippen LogP contribution is 2.16. The number of allylic oxidation sites excluding steroid dienone is 3. The predicted octanol–water partition coefficient (Wildman–Crippen LogP) is 4.92. The Balaban J connectivity index is 1.45. The summed E-state index contributed by atoms with van der Waals surface area (Å²) in [5.41, 5.74) is 4.03. The minimum absolute atomic E-state index is 0.111. The van der Waals surface area contributed by atoms with Crippen molar-refractivity contribution in [1.82, 2.24) is 4.98 Å². The van der Waals surface area contributed by atoms with Crippen molar-refractivity contribution in [2.75, 3.05) is 19.8 Å². The Morgan fingerprint density at radius 2 is 2.03 bits per heavy atom. The first-order valence-electron chi connectivity index (χ1n) is 11.1. The molecule has 4 rings (SSSR count). The van der Waals surface area contributed by atoms with E-state index in [0.29, 0.717) is 37.2 Å². The number of rotatable bonds is 8. The molecule has 1 aromatic carbocycles. The van der Waals surface area contributed by atoms with E-state index in [4.69, 9.17) is 24.4 Å². The normalized spacial score (nSPS) is 18.4. The van der Waals surface area contributed by atoms with Crippen molar-refractivity contribution in [2.24, 2.45) is 9.98 Å². The molecule has 1 aromatic heterocycles. The number of hydrogen-bond donors (Lipinski definition) is 0. The topological polar surface area (TPSA) is 56.1 Å². The van der Waals surface area contributed by atoms with E-state index >= 15 is 0 Å². The summed E-state index contributed by atoms with van der Waals surface area (Å²) in [5, 5.41) is 0. The summed E-state index contributed by atoms with van der Waals surface area (Å²) in [7, 11) is 0. The van der Waals surface area contributed by atoms with Crippen LogP contribution >= 0.6 is 0 Å². The van der Waals surface area contributed by atoms with Gasteiger partial charge in [-0.2, -0.15) is 0 Å². The monoisotopic (exact) mass is 415 g/mol. The van der Waals surface area contributed by atoms with Gasteiger partial charge in [0.25, 0.3) is 0 Å². The van der Waals surface area contributed by atoms with E-state index in [9.17, 15) is 0 Å². The SMILES string of the molecule is CCOC(=NCCC1=CCCC=C1)c1cccc(C2=NC(Cc3ccccc3)CO2)n1. The number of nitrogens with zero attached hydrogens (tertiary/aromatic N) is 3. The van der Waals surface area contributed by atoms with Crippen molar-refractivity contribution in [1.29, 1.82) is 0 Å². The Bertz CT molecular complexity index is 993. The second-order valence-electron chi connectivity index (χ2n) is 7.63. The Hall–Kier alpha value is -3.21. The molecular formula is C26H29N3O2. The van der Waals surface area contributed by atoms with Gasteiger partial charge in [0.1, 0.15) is 18.0 Å². The summed E-state index contributed by atoms with van der Waals surface area (Å²) in [4.78, 5) is 14.2. The standard InChI is InChI=1S/C26H29N3O2/c1-2-30-25(27-17-16-20-10-5-3-6-11-20)23-14-9-15-24(29-23)26-28-22(19-31-26)18-21-12-7-4-8-13-21/h4-5,7-15,22H,2-3,6,16-19H2,1H3. The molecule has 2 aromatic rings. The maximum atomic E-state index is 5.87. The first-order valence-corrected chi connectivity index (χ1v) is 11.1. The molecule has 1 unspecified atom stereocenters. The van der Waals surface area contributed by atoms with E-state index in [2.05, 4.69) is 42.5 Å². The van der Waals surface area contributed by atoms with Crippen LogP contribution in [0.4, 0.5) is 0 Å². The highest BCUT2D eigenvalue weighted by Gasteiger charge is 2.22. The molecule has 160 valence electrons. The van der Waals surface area contributed by atoms with Crippen LogP contribution < -0.4 is 0 Å². The van der Waals surface area contributed by atoms with Gasteiger partial charge in [-0.25, -0.2) is 15.0 Å². The van der Waals surface area contributed by atoms with Crippen LogP contribution in [-0.2, 0) is 15.9 Å². The number of aromatic nitrogens is 1. The lowest BCUT2D eigenvalue weighted by atomic mass is 10.0. The van der Waals surface area contributed by atoms with Crippen molar-refractivity contribution in [2.45, 2.75) is 38.6 Å². The molecule has 2 aliphatic rings. The summed E-state index contributed by atoms with van der Waals surface area (Å²) in [6.07, 6.45) is 10.7. The van der Waals surface area contributed by atoms with Crippen LogP contribution in [0.2, 0.25) is 0 Å². The number of aliphatic imine (C=N–C) groups is 2. The average Bonchev–Trinajstić information content (AvgIpc) is 3.28. The van der Waals surface area contributed by atoms with E-state index in [1.54, 1.807) is 0 Å². The zero-order valence-corrected chi connectivity index (χ0v) is 18.0. The van der Waals surface area contributed by atoms with Gasteiger partial charge in [0.15, 0.2) is 0 Å². The zero-order chi connectivity index (χ0) is 21.3. The molecule has 1 atom stereocenters. The van der Waals surface area contributed by atoms with Crippen molar-refractivity contribution < 1.29 is 9.47 Å². The van der Waals surface area contributed by atoms with Gasteiger partial charge in [0.2, 0.25) is 11.8 Å². The highest BCUT2D eigenvalue weighted by atomic mass is 16.5. The number of hydrogen-bond acceptors (Lipinski definition) is 5. The molecule has 5 heteroatoms. The Morgan fingerprint density at radius 1 is 1.13 bits per heavy atom. The second kappa shape index (κ2) is 10.7. The van der Waals surface area contributed by atoms with Crippen molar-refractivity contribution in [3.63, 3.8) is 0 Å². The summed E-state index contributed by atoms with van der Waals surface area (Å²) in [6, 6.07) is 16.3. The van der Waals surface area contributed by atoms with Gasteiger partial charge >= 0.3 is 0 Å². The van der Waals surface area contributed by atoms with E-state index in [-0.39, 0.29) is 6.04 Å². The number of ether oxygens (including phenoxy) is 2. The third kappa shape index (κ3) is 5.91. The van der Waals surface area contributed by atoms with Gasteiger partial charge in [-0.15, -0.1) is 0 Å². The van der Waals surface area contributed by atoms with Crippen LogP contribution in [0.15, 0.2) is 82.3 Å². The van der Waals surface area contributed by atoms with Crippen LogP contribution in [0.5, 0.6) is 0 Å². The fourth-order valence-electron chi connectivity index (χ4n) is 3.70. The Morgan fingerprint density at radius 3 is 2.84 bits per heavy atom. The molecule has 5 nitrogen and oxygen atoms in total. The molecule has 1 aliphatic carbocycles. The van der Waals surface area contributed by atoms with Crippen LogP contribution in [0.3, 0.4) is 0 Å². The fraction of sp³-hybridized carbons (Fsp3) is 0.346. The second-order valence-corrected chi connectivity index (χ2v) is 7.63. The lowest BCUT2D eigenvalue weighted by molar-refractivity contribution is 0.316. The third-order valence-corrected chi connectivity index (χ3v) is 5.22. The van der Waals surface area contributed by atoms with E-state index in [1.807, 2.05) is 31.2 Å². The van der Waals surface area contributed by atoms with Gasteiger partial charge in [-0.1, -0.05) is 60.2 Å². The maximum Gasteiger partial charge on any atom is 0.235 e. The minimum Gasteiger partial charge on any atom is -0.477 e. The molecule has 2 heterocycles. The van der Waals surface area contributed by atoms with Crippen LogP contribution in [0, 0.1) is 0 Å². The summed E-state index contributed by atoms with van der Waals surface area (Å²) >= 11 is 0. The molecule has 0 bridgehead atoms. The molecule has 0 saturated heterocycles. The third-order valence-electron chi connectivity index (χ3n) is 5.22. The van der Waals surface area contributed by atoms with Gasteiger partial charge < -0.3 is 9.47 Å². The molecular weight excluding hydrogens is 386 g/mol. The van der Waals surface area contributed by atoms with Crippen molar-refractivity contribution >= 4 is 11.8 Å². The Labute approximate surface area is 184 Å². The summed E-state index contributed by atoms with van der Waals surface area (Å²) < 4.78 is 11.7. The molecule has 0 amide bonds. The average molecular weight is 416 g/mol.